The van der Waals surface area contributed by atoms with E-state index in [9.17, 15) is 14.4 Å². The van der Waals surface area contributed by atoms with Gasteiger partial charge in [-0.1, -0.05) is 0 Å². The van der Waals surface area contributed by atoms with E-state index >= 15 is 0 Å². The third-order valence-electron chi connectivity index (χ3n) is 2.42. The predicted molar refractivity (Wildman–Crippen MR) is 55.7 cm³/mol. The molecular formula is C10H14N2O4. The highest BCUT2D eigenvalue weighted by Crippen LogP contribution is 2.15. The maximum atomic E-state index is 11.5. The minimum absolute atomic E-state index is 0.122. The van der Waals surface area contributed by atoms with Crippen molar-refractivity contribution in [3.8, 4) is 0 Å². The third kappa shape index (κ3) is 3.38. The topological polar surface area (TPSA) is 86.7 Å². The lowest BCUT2D eigenvalue weighted by Gasteiger charge is -2.20. The van der Waals surface area contributed by atoms with E-state index in [1.54, 1.807) is 4.90 Å². The molecule has 0 aromatic carbocycles. The molecular weight excluding hydrogens is 212 g/mol. The number of hydrogen-bond acceptors (Lipinski definition) is 3. The summed E-state index contributed by atoms with van der Waals surface area (Å²) in [6, 6.07) is -0.346. The summed E-state index contributed by atoms with van der Waals surface area (Å²) < 4.78 is 0. The number of aliphatic carboxylic acids is 1. The van der Waals surface area contributed by atoms with Crippen molar-refractivity contribution < 1.29 is 19.5 Å². The Morgan fingerprint density at radius 1 is 1.38 bits per heavy atom. The predicted octanol–water partition coefficient (Wildman–Crippen LogP) is 0.348. The summed E-state index contributed by atoms with van der Waals surface area (Å²) in [5.74, 6) is -1.94. The van der Waals surface area contributed by atoms with Gasteiger partial charge in [0.1, 0.15) is 0 Å². The van der Waals surface area contributed by atoms with Crippen LogP contribution in [-0.4, -0.2) is 40.5 Å². The van der Waals surface area contributed by atoms with Gasteiger partial charge in [0.05, 0.1) is 0 Å². The van der Waals surface area contributed by atoms with E-state index in [0.29, 0.717) is 12.6 Å². The van der Waals surface area contributed by atoms with Gasteiger partial charge in [-0.25, -0.2) is 9.59 Å². The molecule has 88 valence electrons. The summed E-state index contributed by atoms with van der Waals surface area (Å²) in [6.45, 7) is 2.53. The third-order valence-corrected chi connectivity index (χ3v) is 2.42. The van der Waals surface area contributed by atoms with Crippen LogP contribution in [0.2, 0.25) is 0 Å². The molecule has 0 spiro atoms. The van der Waals surface area contributed by atoms with E-state index in [0.717, 1.165) is 18.9 Å². The number of amides is 3. The number of carbonyl (C=O) groups excluding carboxylic acids is 2. The van der Waals surface area contributed by atoms with Gasteiger partial charge in [-0.05, 0) is 19.8 Å². The monoisotopic (exact) mass is 226 g/mol. The highest BCUT2D eigenvalue weighted by molar-refractivity contribution is 6.02. The molecule has 1 atom stereocenters. The molecule has 1 aliphatic heterocycles. The first-order valence-electron chi connectivity index (χ1n) is 5.03. The highest BCUT2D eigenvalue weighted by Gasteiger charge is 2.25. The smallest absolute Gasteiger partial charge is 0.328 e. The van der Waals surface area contributed by atoms with Crippen LogP contribution in [0, 0.1) is 0 Å². The van der Waals surface area contributed by atoms with Gasteiger partial charge in [0.2, 0.25) is 0 Å². The van der Waals surface area contributed by atoms with E-state index < -0.39 is 17.9 Å². The first kappa shape index (κ1) is 12.2. The summed E-state index contributed by atoms with van der Waals surface area (Å²) >= 11 is 0. The van der Waals surface area contributed by atoms with Crippen molar-refractivity contribution in [1.82, 2.24) is 10.2 Å². The Hall–Kier alpha value is -1.85. The molecule has 0 aromatic heterocycles. The SMILES string of the molecule is CC1CCCN1C(=O)NC(=O)/C=C/C(=O)O. The maximum absolute atomic E-state index is 11.5. The quantitative estimate of drug-likeness (QED) is 0.665. The number of hydrogen-bond donors (Lipinski definition) is 2. The molecule has 6 nitrogen and oxygen atoms in total. The largest absolute Gasteiger partial charge is 0.478 e. The molecule has 1 saturated heterocycles. The summed E-state index contributed by atoms with van der Waals surface area (Å²) in [6.07, 6.45) is 3.36. The van der Waals surface area contributed by atoms with Gasteiger partial charge in [0.25, 0.3) is 5.91 Å². The Kier molecular flexibility index (Phi) is 4.04. The standard InChI is InChI=1S/C10H14N2O4/c1-7-3-2-6-12(7)10(16)11-8(13)4-5-9(14)15/h4-5,7H,2-3,6H2,1H3,(H,14,15)(H,11,13,16)/b5-4+. The second kappa shape index (κ2) is 5.29. The Bertz CT molecular complexity index is 338. The lowest BCUT2D eigenvalue weighted by molar-refractivity contribution is -0.131. The van der Waals surface area contributed by atoms with Gasteiger partial charge in [0.15, 0.2) is 0 Å². The Labute approximate surface area is 92.9 Å². The molecule has 3 amide bonds. The minimum Gasteiger partial charge on any atom is -0.478 e. The number of carboxylic acids is 1. The van der Waals surface area contributed by atoms with Gasteiger partial charge in [-0.15, -0.1) is 0 Å². The average molecular weight is 226 g/mol. The number of likely N-dealkylation sites (tertiary alicyclic amines) is 1. The molecule has 0 saturated carbocycles. The lowest BCUT2D eigenvalue weighted by atomic mass is 10.2. The number of rotatable bonds is 2. The van der Waals surface area contributed by atoms with E-state index in [2.05, 4.69) is 5.32 Å². The molecule has 1 heterocycles. The van der Waals surface area contributed by atoms with Crippen molar-refractivity contribution in [3.63, 3.8) is 0 Å². The zero-order valence-electron chi connectivity index (χ0n) is 8.97. The van der Waals surface area contributed by atoms with Gasteiger partial charge in [0, 0.05) is 24.7 Å². The minimum atomic E-state index is -1.22. The molecule has 6 heteroatoms. The number of nitrogens with one attached hydrogen (secondary N) is 1. The molecule has 1 rings (SSSR count). The van der Waals surface area contributed by atoms with Crippen molar-refractivity contribution in [2.45, 2.75) is 25.8 Å². The molecule has 0 radical (unpaired) electrons. The van der Waals surface area contributed by atoms with Crippen molar-refractivity contribution in [2.24, 2.45) is 0 Å². The Morgan fingerprint density at radius 3 is 2.56 bits per heavy atom. The van der Waals surface area contributed by atoms with Crippen molar-refractivity contribution in [1.29, 1.82) is 0 Å². The summed E-state index contributed by atoms with van der Waals surface area (Å²) in [4.78, 5) is 34.3. The molecule has 1 aliphatic rings. The molecule has 0 aliphatic carbocycles. The van der Waals surface area contributed by atoms with Crippen LogP contribution >= 0.6 is 0 Å². The normalized spacial score (nSPS) is 20.1. The van der Waals surface area contributed by atoms with Crippen LogP contribution < -0.4 is 5.32 Å². The Morgan fingerprint density at radius 2 is 2.06 bits per heavy atom. The summed E-state index contributed by atoms with van der Waals surface area (Å²) in [5.41, 5.74) is 0. The zero-order valence-corrected chi connectivity index (χ0v) is 8.97. The first-order chi connectivity index (χ1) is 7.50. The number of carbonyl (C=O) groups is 3. The van der Waals surface area contributed by atoms with Gasteiger partial charge in [-0.2, -0.15) is 0 Å². The van der Waals surface area contributed by atoms with Crippen molar-refractivity contribution in [3.05, 3.63) is 12.2 Å². The number of imide groups is 1. The van der Waals surface area contributed by atoms with Crippen molar-refractivity contribution in [2.75, 3.05) is 6.54 Å². The second-order valence-electron chi connectivity index (χ2n) is 3.65. The van der Waals surface area contributed by atoms with Crippen molar-refractivity contribution >= 4 is 17.9 Å². The van der Waals surface area contributed by atoms with Crippen LogP contribution in [0.4, 0.5) is 4.79 Å². The molecule has 2 N–H and O–H groups in total. The van der Waals surface area contributed by atoms with E-state index in [1.165, 1.54) is 0 Å². The maximum Gasteiger partial charge on any atom is 0.328 e. The lowest BCUT2D eigenvalue weighted by Crippen LogP contribution is -2.43. The van der Waals surface area contributed by atoms with Gasteiger partial charge >= 0.3 is 12.0 Å². The number of urea groups is 1. The average Bonchev–Trinajstić information content (AvgIpc) is 2.61. The molecule has 0 aromatic rings. The van der Waals surface area contributed by atoms with Crippen LogP contribution in [-0.2, 0) is 9.59 Å². The Balaban J connectivity index is 2.45. The van der Waals surface area contributed by atoms with E-state index in [4.69, 9.17) is 5.11 Å². The van der Waals surface area contributed by atoms with Gasteiger partial charge < -0.3 is 10.0 Å². The molecule has 1 fully saturated rings. The molecule has 16 heavy (non-hydrogen) atoms. The molecule has 1 unspecified atom stereocenters. The summed E-state index contributed by atoms with van der Waals surface area (Å²) in [7, 11) is 0. The number of carboxylic acid groups (broad SMARTS) is 1. The fourth-order valence-electron chi connectivity index (χ4n) is 1.60. The van der Waals surface area contributed by atoms with Crippen LogP contribution in [0.25, 0.3) is 0 Å². The van der Waals surface area contributed by atoms with E-state index in [1.807, 2.05) is 6.92 Å². The highest BCUT2D eigenvalue weighted by atomic mass is 16.4. The summed E-state index contributed by atoms with van der Waals surface area (Å²) in [5, 5.41) is 10.4. The second-order valence-corrected chi connectivity index (χ2v) is 3.65. The fourth-order valence-corrected chi connectivity index (χ4v) is 1.60. The van der Waals surface area contributed by atoms with Crippen LogP contribution in [0.1, 0.15) is 19.8 Å². The zero-order chi connectivity index (χ0) is 12.1. The number of nitrogens with zero attached hydrogens (tertiary/aromatic N) is 1. The molecule has 0 bridgehead atoms. The van der Waals surface area contributed by atoms with E-state index in [-0.39, 0.29) is 6.04 Å². The van der Waals surface area contributed by atoms with Crippen LogP contribution in [0.3, 0.4) is 0 Å². The van der Waals surface area contributed by atoms with Gasteiger partial charge in [-0.3, -0.25) is 10.1 Å². The van der Waals surface area contributed by atoms with Crippen LogP contribution in [0.15, 0.2) is 12.2 Å². The fraction of sp³-hybridized carbons (Fsp3) is 0.500. The van der Waals surface area contributed by atoms with Crippen LogP contribution in [0.5, 0.6) is 0 Å². The first-order valence-corrected chi connectivity index (χ1v) is 5.03.